The highest BCUT2D eigenvalue weighted by Gasteiger charge is 2.35. The molecule has 0 spiro atoms. The topological polar surface area (TPSA) is 64.1 Å². The third kappa shape index (κ3) is 5.01. The monoisotopic (exact) mass is 469 g/mol. The molecule has 1 N–H and O–H groups in total. The number of aromatic hydroxyl groups is 1. The normalized spacial score (nSPS) is 24.1. The molecular weight excluding hydrogens is 434 g/mol. The van der Waals surface area contributed by atoms with Crippen LogP contribution in [0, 0.1) is 0 Å². The van der Waals surface area contributed by atoms with Crippen LogP contribution in [0.1, 0.15) is 43.9 Å². The van der Waals surface area contributed by atoms with Crippen molar-refractivity contribution < 1.29 is 13.5 Å². The first-order chi connectivity index (χ1) is 15.8. The lowest BCUT2D eigenvalue weighted by atomic mass is 9.93. The molecule has 2 saturated heterocycles. The van der Waals surface area contributed by atoms with E-state index in [-0.39, 0.29) is 17.8 Å². The van der Waals surface area contributed by atoms with E-state index < -0.39 is 10.0 Å². The number of sulfonamides is 1. The molecule has 4 rings (SSSR count). The van der Waals surface area contributed by atoms with E-state index in [0.717, 1.165) is 43.6 Å². The lowest BCUT2D eigenvalue weighted by molar-refractivity contribution is 0.0306. The summed E-state index contributed by atoms with van der Waals surface area (Å²) in [6.07, 6.45) is 3.79. The van der Waals surface area contributed by atoms with E-state index in [9.17, 15) is 13.5 Å². The molecule has 3 unspecified atom stereocenters. The van der Waals surface area contributed by atoms with E-state index in [1.54, 1.807) is 22.5 Å². The van der Waals surface area contributed by atoms with E-state index in [2.05, 4.69) is 30.2 Å². The summed E-state index contributed by atoms with van der Waals surface area (Å²) in [7, 11) is -3.45. The van der Waals surface area contributed by atoms with Crippen LogP contribution in [-0.2, 0) is 10.0 Å². The maximum atomic E-state index is 13.0. The van der Waals surface area contributed by atoms with Gasteiger partial charge in [-0.15, -0.1) is 6.58 Å². The number of nitrogens with zero attached hydrogens (tertiary/aromatic N) is 3. The second-order valence-corrected chi connectivity index (χ2v) is 11.3. The molecule has 178 valence electrons. The summed E-state index contributed by atoms with van der Waals surface area (Å²) < 4.78 is 27.6. The molecule has 6 nitrogen and oxygen atoms in total. The molecule has 0 aliphatic carbocycles. The summed E-state index contributed by atoms with van der Waals surface area (Å²) in [5.74, 6) is 0.233. The highest BCUT2D eigenvalue weighted by molar-refractivity contribution is 7.89. The van der Waals surface area contributed by atoms with E-state index in [1.807, 2.05) is 36.4 Å². The summed E-state index contributed by atoms with van der Waals surface area (Å²) in [5.41, 5.74) is 2.03. The number of rotatable bonds is 7. The van der Waals surface area contributed by atoms with Gasteiger partial charge in [-0.2, -0.15) is 4.31 Å². The van der Waals surface area contributed by atoms with Crippen LogP contribution in [0.2, 0.25) is 0 Å². The molecule has 3 atom stereocenters. The van der Waals surface area contributed by atoms with Crippen molar-refractivity contribution in [3.63, 3.8) is 0 Å². The van der Waals surface area contributed by atoms with Crippen LogP contribution in [-0.4, -0.2) is 72.4 Å². The Hall–Kier alpha value is -2.19. The van der Waals surface area contributed by atoms with Gasteiger partial charge in [0, 0.05) is 44.8 Å². The number of phenols is 1. The molecule has 2 aliphatic heterocycles. The van der Waals surface area contributed by atoms with Gasteiger partial charge in [0.15, 0.2) is 0 Å². The molecule has 2 aromatic carbocycles. The van der Waals surface area contributed by atoms with Gasteiger partial charge in [0.05, 0.1) is 10.9 Å². The molecule has 0 amide bonds. The van der Waals surface area contributed by atoms with Gasteiger partial charge in [-0.25, -0.2) is 8.42 Å². The Bertz CT molecular complexity index is 1060. The number of benzene rings is 2. The fourth-order valence-electron chi connectivity index (χ4n) is 5.17. The smallest absolute Gasteiger partial charge is 0.243 e. The molecule has 2 aliphatic rings. The van der Waals surface area contributed by atoms with Gasteiger partial charge in [-0.05, 0) is 62.1 Å². The van der Waals surface area contributed by atoms with Gasteiger partial charge in [-0.1, -0.05) is 30.3 Å². The number of piperazine rings is 1. The second kappa shape index (κ2) is 9.97. The maximum Gasteiger partial charge on any atom is 0.243 e. The molecule has 2 fully saturated rings. The first-order valence-corrected chi connectivity index (χ1v) is 13.2. The molecule has 7 heteroatoms. The highest BCUT2D eigenvalue weighted by Crippen LogP contribution is 2.35. The standard InChI is InChI=1S/C26H35N3O3S/c1-4-14-27-18-21(3)29(19-20(27)2)26(23-8-7-9-24(30)17-23)22-10-12-25(13-11-22)33(31,32)28-15-5-6-16-28/h4,7-13,17,20-21,26,30H,1,5-6,14-16,18-19H2,2-3H3. The fourth-order valence-corrected chi connectivity index (χ4v) is 6.69. The molecule has 0 saturated carbocycles. The Morgan fingerprint density at radius 2 is 1.73 bits per heavy atom. The zero-order valence-electron chi connectivity index (χ0n) is 19.6. The number of hydrogen-bond donors (Lipinski definition) is 1. The van der Waals surface area contributed by atoms with Crippen molar-refractivity contribution in [3.8, 4) is 5.75 Å². The molecule has 2 heterocycles. The van der Waals surface area contributed by atoms with Crippen LogP contribution < -0.4 is 0 Å². The maximum absolute atomic E-state index is 13.0. The largest absolute Gasteiger partial charge is 0.508 e. The molecule has 33 heavy (non-hydrogen) atoms. The average molecular weight is 470 g/mol. The first kappa shape index (κ1) is 24.0. The molecular formula is C26H35N3O3S. The molecule has 2 aromatic rings. The van der Waals surface area contributed by atoms with E-state index in [0.29, 0.717) is 24.0 Å². The minimum atomic E-state index is -3.45. The summed E-state index contributed by atoms with van der Waals surface area (Å²) >= 11 is 0. The quantitative estimate of drug-likeness (QED) is 0.624. The molecule has 0 aromatic heterocycles. The van der Waals surface area contributed by atoms with Crippen molar-refractivity contribution in [2.24, 2.45) is 0 Å². The summed E-state index contributed by atoms with van der Waals surface area (Å²) in [6, 6.07) is 15.3. The SMILES string of the molecule is C=CCN1CC(C)N(C(c2ccc(S(=O)(=O)N3CCCC3)cc2)c2cccc(O)c2)CC1C. The van der Waals surface area contributed by atoms with Gasteiger partial charge < -0.3 is 5.11 Å². The zero-order valence-corrected chi connectivity index (χ0v) is 20.4. The van der Waals surface area contributed by atoms with Gasteiger partial charge >= 0.3 is 0 Å². The van der Waals surface area contributed by atoms with Crippen molar-refractivity contribution in [3.05, 3.63) is 72.3 Å². The zero-order chi connectivity index (χ0) is 23.6. The van der Waals surface area contributed by atoms with Crippen LogP contribution in [0.15, 0.2) is 66.1 Å². The summed E-state index contributed by atoms with van der Waals surface area (Å²) in [6.45, 7) is 12.2. The third-order valence-electron chi connectivity index (χ3n) is 6.94. The van der Waals surface area contributed by atoms with Crippen molar-refractivity contribution in [1.29, 1.82) is 0 Å². The van der Waals surface area contributed by atoms with E-state index in [1.165, 1.54) is 0 Å². The van der Waals surface area contributed by atoms with Crippen molar-refractivity contribution in [1.82, 2.24) is 14.1 Å². The molecule has 0 radical (unpaired) electrons. The molecule has 0 bridgehead atoms. The predicted octanol–water partition coefficient (Wildman–Crippen LogP) is 3.85. The third-order valence-corrected chi connectivity index (χ3v) is 8.86. The number of hydrogen-bond acceptors (Lipinski definition) is 5. The minimum absolute atomic E-state index is 0.0797. The van der Waals surface area contributed by atoms with Crippen molar-refractivity contribution >= 4 is 10.0 Å². The Kier molecular flexibility index (Phi) is 7.24. The fraction of sp³-hybridized carbons (Fsp3) is 0.462. The Balaban J connectivity index is 1.68. The Morgan fingerprint density at radius 1 is 1.03 bits per heavy atom. The highest BCUT2D eigenvalue weighted by atomic mass is 32.2. The van der Waals surface area contributed by atoms with Crippen LogP contribution in [0.4, 0.5) is 0 Å². The van der Waals surface area contributed by atoms with Gasteiger partial charge in [0.25, 0.3) is 0 Å². The average Bonchev–Trinajstić information content (AvgIpc) is 3.34. The van der Waals surface area contributed by atoms with Crippen molar-refractivity contribution in [2.75, 3.05) is 32.7 Å². The summed E-state index contributed by atoms with van der Waals surface area (Å²) in [5, 5.41) is 10.2. The van der Waals surface area contributed by atoms with Crippen LogP contribution >= 0.6 is 0 Å². The predicted molar refractivity (Wildman–Crippen MR) is 132 cm³/mol. The van der Waals surface area contributed by atoms with Gasteiger partial charge in [0.1, 0.15) is 5.75 Å². The Labute approximate surface area is 198 Å². The summed E-state index contributed by atoms with van der Waals surface area (Å²) in [4.78, 5) is 5.24. The lowest BCUT2D eigenvalue weighted by Crippen LogP contribution is -2.57. The van der Waals surface area contributed by atoms with Crippen LogP contribution in [0.5, 0.6) is 5.75 Å². The number of phenolic OH excluding ortho intramolecular Hbond substituents is 1. The van der Waals surface area contributed by atoms with Gasteiger partial charge in [-0.3, -0.25) is 9.80 Å². The Morgan fingerprint density at radius 3 is 2.36 bits per heavy atom. The first-order valence-electron chi connectivity index (χ1n) is 11.8. The lowest BCUT2D eigenvalue weighted by Gasteiger charge is -2.47. The van der Waals surface area contributed by atoms with Crippen LogP contribution in [0.25, 0.3) is 0 Å². The second-order valence-electron chi connectivity index (χ2n) is 9.32. The van der Waals surface area contributed by atoms with E-state index in [4.69, 9.17) is 0 Å². The van der Waals surface area contributed by atoms with Crippen LogP contribution in [0.3, 0.4) is 0 Å². The van der Waals surface area contributed by atoms with Gasteiger partial charge in [0.2, 0.25) is 10.0 Å². The van der Waals surface area contributed by atoms with Crippen molar-refractivity contribution in [2.45, 2.75) is 49.7 Å². The minimum Gasteiger partial charge on any atom is -0.508 e. The van der Waals surface area contributed by atoms with E-state index >= 15 is 0 Å².